The van der Waals surface area contributed by atoms with Crippen molar-refractivity contribution in [3.8, 4) is 0 Å². The highest BCUT2D eigenvalue weighted by Crippen LogP contribution is 2.30. The fraction of sp³-hybridized carbons (Fsp3) is 0.526. The van der Waals surface area contributed by atoms with Gasteiger partial charge in [-0.3, -0.25) is 0 Å². The molecule has 2 aromatic rings. The summed E-state index contributed by atoms with van der Waals surface area (Å²) in [6.07, 6.45) is -0.273. The zero-order valence-electron chi connectivity index (χ0n) is 16.2. The number of ether oxygens (including phenoxy) is 2. The summed E-state index contributed by atoms with van der Waals surface area (Å²) in [6.45, 7) is 10.3. The van der Waals surface area contributed by atoms with Crippen LogP contribution < -0.4 is 4.90 Å². The van der Waals surface area contributed by atoms with E-state index in [9.17, 15) is 9.59 Å². The first-order valence-corrected chi connectivity index (χ1v) is 9.89. The average molecular weight is 391 g/mol. The summed E-state index contributed by atoms with van der Waals surface area (Å²) in [5.41, 5.74) is 0.809. The Morgan fingerprint density at radius 2 is 1.89 bits per heavy atom. The number of esters is 1. The van der Waals surface area contributed by atoms with Crippen LogP contribution in [0.1, 0.15) is 38.1 Å². The predicted molar refractivity (Wildman–Crippen MR) is 106 cm³/mol. The van der Waals surface area contributed by atoms with Gasteiger partial charge in [-0.25, -0.2) is 14.6 Å². The topological polar surface area (TPSA) is 72.0 Å². The Balaban J connectivity index is 1.67. The second-order valence-corrected chi connectivity index (χ2v) is 8.36. The standard InChI is InChI=1S/C19H25N3O4S/c1-5-25-16(23)13-6-7-15-14(12-13)20-17(27-15)21-8-10-22(11-9-21)18(24)26-19(2,3)4/h6-7,12H,5,8-11H2,1-4H3. The Morgan fingerprint density at radius 3 is 2.52 bits per heavy atom. The highest BCUT2D eigenvalue weighted by molar-refractivity contribution is 7.22. The third-order valence-corrected chi connectivity index (χ3v) is 5.19. The Morgan fingerprint density at radius 1 is 1.19 bits per heavy atom. The van der Waals surface area contributed by atoms with Crippen LogP contribution in [0.3, 0.4) is 0 Å². The molecule has 1 aromatic heterocycles. The van der Waals surface area contributed by atoms with Gasteiger partial charge < -0.3 is 19.3 Å². The molecule has 7 nitrogen and oxygen atoms in total. The van der Waals surface area contributed by atoms with Crippen molar-refractivity contribution in [2.45, 2.75) is 33.3 Å². The first kappa shape index (κ1) is 19.4. The first-order valence-electron chi connectivity index (χ1n) is 9.07. The Kier molecular flexibility index (Phi) is 5.55. The van der Waals surface area contributed by atoms with Crippen LogP contribution in [0.5, 0.6) is 0 Å². The van der Waals surface area contributed by atoms with Crippen LogP contribution >= 0.6 is 11.3 Å². The molecule has 1 aliphatic rings. The molecule has 0 N–H and O–H groups in total. The maximum atomic E-state index is 12.2. The van der Waals surface area contributed by atoms with E-state index in [1.165, 1.54) is 0 Å². The summed E-state index contributed by atoms with van der Waals surface area (Å²) in [4.78, 5) is 32.6. The number of amides is 1. The van der Waals surface area contributed by atoms with Crippen molar-refractivity contribution in [1.29, 1.82) is 0 Å². The molecular weight excluding hydrogens is 366 g/mol. The molecule has 0 spiro atoms. The van der Waals surface area contributed by atoms with E-state index in [2.05, 4.69) is 9.88 Å². The van der Waals surface area contributed by atoms with Crippen molar-refractivity contribution in [2.75, 3.05) is 37.7 Å². The third-order valence-electron chi connectivity index (χ3n) is 4.09. The molecule has 1 fully saturated rings. The molecule has 0 atom stereocenters. The summed E-state index contributed by atoms with van der Waals surface area (Å²) in [7, 11) is 0. The minimum Gasteiger partial charge on any atom is -0.462 e. The van der Waals surface area contributed by atoms with Gasteiger partial charge in [-0.05, 0) is 45.9 Å². The number of nitrogens with zero attached hydrogens (tertiary/aromatic N) is 3. The van der Waals surface area contributed by atoms with Crippen LogP contribution in [0.15, 0.2) is 18.2 Å². The number of hydrogen-bond donors (Lipinski definition) is 0. The lowest BCUT2D eigenvalue weighted by Gasteiger charge is -2.35. The van der Waals surface area contributed by atoms with Crippen LogP contribution in [-0.2, 0) is 9.47 Å². The number of aromatic nitrogens is 1. The Hall–Kier alpha value is -2.35. The van der Waals surface area contributed by atoms with Gasteiger partial charge in [0.2, 0.25) is 0 Å². The van der Waals surface area contributed by atoms with Crippen LogP contribution in [0, 0.1) is 0 Å². The highest BCUT2D eigenvalue weighted by Gasteiger charge is 2.27. The number of thiazole rings is 1. The van der Waals surface area contributed by atoms with Gasteiger partial charge >= 0.3 is 12.1 Å². The zero-order chi connectivity index (χ0) is 19.6. The van der Waals surface area contributed by atoms with Crippen molar-refractivity contribution in [1.82, 2.24) is 9.88 Å². The largest absolute Gasteiger partial charge is 0.462 e. The smallest absolute Gasteiger partial charge is 0.410 e. The van der Waals surface area contributed by atoms with Gasteiger partial charge in [-0.2, -0.15) is 0 Å². The minimum atomic E-state index is -0.488. The van der Waals surface area contributed by atoms with Crippen molar-refractivity contribution in [3.05, 3.63) is 23.8 Å². The average Bonchev–Trinajstić information content (AvgIpc) is 3.04. The molecule has 27 heavy (non-hydrogen) atoms. The van der Waals surface area contributed by atoms with E-state index in [-0.39, 0.29) is 12.1 Å². The number of rotatable bonds is 3. The van der Waals surface area contributed by atoms with Gasteiger partial charge in [0.1, 0.15) is 5.60 Å². The van der Waals surface area contributed by atoms with Crippen molar-refractivity contribution < 1.29 is 19.1 Å². The molecule has 1 aliphatic heterocycles. The molecule has 146 valence electrons. The van der Waals surface area contributed by atoms with Gasteiger partial charge in [0.05, 0.1) is 22.4 Å². The predicted octanol–water partition coefficient (Wildman–Crippen LogP) is 3.53. The van der Waals surface area contributed by atoms with Crippen LogP contribution in [-0.4, -0.2) is 60.3 Å². The fourth-order valence-corrected chi connectivity index (χ4v) is 3.80. The molecule has 0 bridgehead atoms. The normalized spacial score (nSPS) is 15.1. The van der Waals surface area contributed by atoms with Gasteiger partial charge in [0.15, 0.2) is 5.13 Å². The summed E-state index contributed by atoms with van der Waals surface area (Å²) in [5, 5.41) is 0.898. The second-order valence-electron chi connectivity index (χ2n) is 7.35. The zero-order valence-corrected chi connectivity index (χ0v) is 17.0. The summed E-state index contributed by atoms with van der Waals surface area (Å²) in [5.74, 6) is -0.333. The Bertz CT molecular complexity index is 835. The van der Waals surface area contributed by atoms with Crippen LogP contribution in [0.4, 0.5) is 9.93 Å². The lowest BCUT2D eigenvalue weighted by Crippen LogP contribution is -2.50. The molecule has 1 aromatic carbocycles. The third kappa shape index (κ3) is 4.68. The number of piperazine rings is 1. The Labute approximate surface area is 162 Å². The SMILES string of the molecule is CCOC(=O)c1ccc2sc(N3CCN(C(=O)OC(C)(C)C)CC3)nc2c1. The number of hydrogen-bond acceptors (Lipinski definition) is 7. The number of anilines is 1. The molecule has 0 saturated carbocycles. The summed E-state index contributed by atoms with van der Waals surface area (Å²) >= 11 is 1.59. The molecule has 8 heteroatoms. The van der Waals surface area contributed by atoms with E-state index in [0.29, 0.717) is 38.3 Å². The number of carbonyl (C=O) groups is 2. The van der Waals surface area contributed by atoms with E-state index in [1.807, 2.05) is 26.8 Å². The lowest BCUT2D eigenvalue weighted by molar-refractivity contribution is 0.0240. The number of benzene rings is 1. The van der Waals surface area contributed by atoms with Crippen LogP contribution in [0.2, 0.25) is 0 Å². The molecule has 3 rings (SSSR count). The lowest BCUT2D eigenvalue weighted by atomic mass is 10.2. The molecule has 2 heterocycles. The maximum absolute atomic E-state index is 12.2. The summed E-state index contributed by atoms with van der Waals surface area (Å²) in [6, 6.07) is 5.44. The molecule has 0 unspecified atom stereocenters. The molecule has 1 saturated heterocycles. The maximum Gasteiger partial charge on any atom is 0.410 e. The van der Waals surface area contributed by atoms with E-state index < -0.39 is 5.60 Å². The van der Waals surface area contributed by atoms with Gasteiger partial charge in [-0.15, -0.1) is 0 Å². The van der Waals surface area contributed by atoms with E-state index in [0.717, 1.165) is 15.3 Å². The van der Waals surface area contributed by atoms with Crippen molar-refractivity contribution in [2.24, 2.45) is 0 Å². The number of carbonyl (C=O) groups excluding carboxylic acids is 2. The summed E-state index contributed by atoms with van der Waals surface area (Å²) < 4.78 is 11.5. The van der Waals surface area contributed by atoms with Gasteiger partial charge in [-0.1, -0.05) is 11.3 Å². The fourth-order valence-electron chi connectivity index (χ4n) is 2.80. The van der Waals surface area contributed by atoms with Crippen molar-refractivity contribution in [3.63, 3.8) is 0 Å². The van der Waals surface area contributed by atoms with Crippen molar-refractivity contribution >= 4 is 38.7 Å². The van der Waals surface area contributed by atoms with E-state index in [1.54, 1.807) is 35.3 Å². The van der Waals surface area contributed by atoms with E-state index >= 15 is 0 Å². The van der Waals surface area contributed by atoms with Gasteiger partial charge in [0.25, 0.3) is 0 Å². The quantitative estimate of drug-likeness (QED) is 0.746. The van der Waals surface area contributed by atoms with E-state index in [4.69, 9.17) is 9.47 Å². The number of fused-ring (bicyclic) bond motifs is 1. The second kappa shape index (κ2) is 7.72. The molecule has 0 aliphatic carbocycles. The molecule has 0 radical (unpaired) electrons. The monoisotopic (exact) mass is 391 g/mol. The first-order chi connectivity index (χ1) is 12.8. The van der Waals surface area contributed by atoms with Crippen LogP contribution in [0.25, 0.3) is 10.2 Å². The highest BCUT2D eigenvalue weighted by atomic mass is 32.1. The molecular formula is C19H25N3O4S. The minimum absolute atomic E-state index is 0.273. The molecule has 1 amide bonds. The van der Waals surface area contributed by atoms with Gasteiger partial charge in [0, 0.05) is 26.2 Å².